The Kier molecular flexibility index (Phi) is 4.16. The molecule has 1 unspecified atom stereocenters. The maximum absolute atomic E-state index is 12.4. The number of anilines is 1. The van der Waals surface area contributed by atoms with Crippen LogP contribution < -0.4 is 5.32 Å². The second-order valence-electron chi connectivity index (χ2n) is 5.98. The first kappa shape index (κ1) is 16.1. The van der Waals surface area contributed by atoms with Crippen LogP contribution in [-0.4, -0.2) is 23.9 Å². The van der Waals surface area contributed by atoms with E-state index >= 15 is 0 Å². The molecule has 2 aliphatic carbocycles. The lowest BCUT2D eigenvalue weighted by molar-refractivity contribution is -0.117. The Morgan fingerprint density at radius 3 is 2.18 bits per heavy atom. The SMILES string of the molecule is O=C(Nc1ccc(S(=O)(=O)C2CCCC2)cc1)C1CC1(Cl)Cl. The van der Waals surface area contributed by atoms with Crippen molar-refractivity contribution in [2.24, 2.45) is 5.92 Å². The largest absolute Gasteiger partial charge is 0.326 e. The number of hydrogen-bond donors (Lipinski definition) is 1. The number of alkyl halides is 2. The first-order valence-electron chi connectivity index (χ1n) is 7.33. The van der Waals surface area contributed by atoms with E-state index in [1.54, 1.807) is 24.3 Å². The van der Waals surface area contributed by atoms with Crippen LogP contribution >= 0.6 is 23.2 Å². The Hall–Kier alpha value is -0.780. The van der Waals surface area contributed by atoms with Gasteiger partial charge in [-0.3, -0.25) is 4.79 Å². The first-order chi connectivity index (χ1) is 10.3. The van der Waals surface area contributed by atoms with Gasteiger partial charge in [-0.15, -0.1) is 23.2 Å². The van der Waals surface area contributed by atoms with Crippen molar-refractivity contribution < 1.29 is 13.2 Å². The van der Waals surface area contributed by atoms with Gasteiger partial charge >= 0.3 is 0 Å². The van der Waals surface area contributed by atoms with E-state index in [0.29, 0.717) is 17.0 Å². The summed E-state index contributed by atoms with van der Waals surface area (Å²) in [4.78, 5) is 12.2. The lowest BCUT2D eigenvalue weighted by atomic mass is 10.3. The maximum Gasteiger partial charge on any atom is 0.230 e. The standard InChI is InChI=1S/C15H17Cl2NO3S/c16-15(17)9-13(15)14(19)18-10-5-7-12(8-6-10)22(20,21)11-3-1-2-4-11/h5-8,11,13H,1-4,9H2,(H,18,19). The van der Waals surface area contributed by atoms with Crippen LogP contribution in [0.3, 0.4) is 0 Å². The molecule has 1 aromatic rings. The molecule has 1 atom stereocenters. The first-order valence-corrected chi connectivity index (χ1v) is 9.63. The third-order valence-electron chi connectivity index (χ3n) is 4.33. The van der Waals surface area contributed by atoms with E-state index in [0.717, 1.165) is 25.7 Å². The third-order valence-corrected chi connectivity index (χ3v) is 7.45. The number of carbonyl (C=O) groups excluding carboxylic acids is 1. The van der Waals surface area contributed by atoms with Crippen LogP contribution in [-0.2, 0) is 14.6 Å². The van der Waals surface area contributed by atoms with Gasteiger partial charge in [0.05, 0.1) is 16.1 Å². The normalized spacial score (nSPS) is 24.2. The fourth-order valence-corrected chi connectivity index (χ4v) is 5.21. The summed E-state index contributed by atoms with van der Waals surface area (Å²) in [6.07, 6.45) is 3.85. The summed E-state index contributed by atoms with van der Waals surface area (Å²) in [5, 5.41) is 2.43. The molecule has 7 heteroatoms. The Bertz CT molecular complexity index is 679. The van der Waals surface area contributed by atoms with Crippen molar-refractivity contribution in [1.82, 2.24) is 0 Å². The van der Waals surface area contributed by atoms with Gasteiger partial charge in [0, 0.05) is 5.69 Å². The van der Waals surface area contributed by atoms with E-state index in [1.165, 1.54) is 0 Å². The van der Waals surface area contributed by atoms with Gasteiger partial charge in [-0.05, 0) is 43.5 Å². The van der Waals surface area contributed by atoms with Crippen LogP contribution in [0.25, 0.3) is 0 Å². The van der Waals surface area contributed by atoms with Crippen LogP contribution in [0.15, 0.2) is 29.2 Å². The minimum Gasteiger partial charge on any atom is -0.326 e. The molecule has 0 saturated heterocycles. The van der Waals surface area contributed by atoms with Gasteiger partial charge in [0.2, 0.25) is 5.91 Å². The number of halogens is 2. The zero-order valence-electron chi connectivity index (χ0n) is 11.9. The molecular formula is C15H17Cl2NO3S. The quantitative estimate of drug-likeness (QED) is 0.834. The molecule has 2 aliphatic rings. The monoisotopic (exact) mass is 361 g/mol. The molecule has 0 heterocycles. The molecule has 0 aliphatic heterocycles. The maximum atomic E-state index is 12.4. The number of hydrogen-bond acceptors (Lipinski definition) is 3. The van der Waals surface area contributed by atoms with Crippen LogP contribution in [0.2, 0.25) is 0 Å². The molecule has 1 N–H and O–H groups in total. The molecule has 1 aromatic carbocycles. The van der Waals surface area contributed by atoms with Crippen molar-refractivity contribution in [1.29, 1.82) is 0 Å². The highest BCUT2D eigenvalue weighted by Gasteiger charge is 2.56. The van der Waals surface area contributed by atoms with E-state index in [2.05, 4.69) is 5.32 Å². The summed E-state index contributed by atoms with van der Waals surface area (Å²) >= 11 is 11.7. The summed E-state index contributed by atoms with van der Waals surface area (Å²) in [5.41, 5.74) is 0.548. The van der Waals surface area contributed by atoms with Gasteiger partial charge in [-0.2, -0.15) is 0 Å². The lowest BCUT2D eigenvalue weighted by Gasteiger charge is -2.12. The molecule has 2 fully saturated rings. The molecule has 0 aromatic heterocycles. The van der Waals surface area contributed by atoms with Crippen LogP contribution in [0.1, 0.15) is 32.1 Å². The molecule has 0 spiro atoms. The Labute approximate surface area is 140 Å². The summed E-state index contributed by atoms with van der Waals surface area (Å²) in [5.74, 6) is -0.644. The van der Waals surface area contributed by atoms with E-state index in [9.17, 15) is 13.2 Å². The van der Waals surface area contributed by atoms with Crippen molar-refractivity contribution in [3.8, 4) is 0 Å². The van der Waals surface area contributed by atoms with Gasteiger partial charge in [-0.1, -0.05) is 12.8 Å². The molecule has 2 saturated carbocycles. The number of amides is 1. The second-order valence-corrected chi connectivity index (χ2v) is 9.75. The van der Waals surface area contributed by atoms with Crippen molar-refractivity contribution in [3.63, 3.8) is 0 Å². The highest BCUT2D eigenvalue weighted by molar-refractivity contribution is 7.92. The Balaban J connectivity index is 1.69. The summed E-state index contributed by atoms with van der Waals surface area (Å²) in [7, 11) is -3.26. The van der Waals surface area contributed by atoms with Gasteiger partial charge in [0.15, 0.2) is 9.84 Å². The minimum absolute atomic E-state index is 0.239. The van der Waals surface area contributed by atoms with Crippen LogP contribution in [0, 0.1) is 5.92 Å². The van der Waals surface area contributed by atoms with Gasteiger partial charge < -0.3 is 5.32 Å². The average molecular weight is 362 g/mol. The van der Waals surface area contributed by atoms with Gasteiger partial charge in [0.25, 0.3) is 0 Å². The van der Waals surface area contributed by atoms with Crippen LogP contribution in [0.5, 0.6) is 0 Å². The minimum atomic E-state index is -3.26. The number of benzene rings is 1. The Morgan fingerprint density at radius 1 is 1.14 bits per heavy atom. The zero-order valence-corrected chi connectivity index (χ0v) is 14.2. The second kappa shape index (κ2) is 5.69. The molecule has 22 heavy (non-hydrogen) atoms. The summed E-state index contributed by atoms with van der Waals surface area (Å²) in [6.45, 7) is 0. The molecule has 0 bridgehead atoms. The fourth-order valence-electron chi connectivity index (χ4n) is 2.85. The molecule has 3 rings (SSSR count). The molecule has 1 amide bonds. The number of rotatable bonds is 4. The fraction of sp³-hybridized carbons (Fsp3) is 0.533. The Morgan fingerprint density at radius 2 is 1.68 bits per heavy atom. The molecule has 4 nitrogen and oxygen atoms in total. The number of nitrogens with one attached hydrogen (secondary N) is 1. The van der Waals surface area contributed by atoms with E-state index < -0.39 is 20.1 Å². The molecule has 0 radical (unpaired) electrons. The van der Waals surface area contributed by atoms with E-state index in [1.807, 2.05) is 0 Å². The average Bonchev–Trinajstić information content (AvgIpc) is 2.91. The highest BCUT2D eigenvalue weighted by Crippen LogP contribution is 2.53. The topological polar surface area (TPSA) is 63.2 Å². The smallest absolute Gasteiger partial charge is 0.230 e. The lowest BCUT2D eigenvalue weighted by Crippen LogP contribution is -2.18. The van der Waals surface area contributed by atoms with Gasteiger partial charge in [0.1, 0.15) is 4.33 Å². The molecule has 120 valence electrons. The van der Waals surface area contributed by atoms with Crippen molar-refractivity contribution in [3.05, 3.63) is 24.3 Å². The predicted octanol–water partition coefficient (Wildman–Crippen LogP) is 3.54. The van der Waals surface area contributed by atoms with Crippen molar-refractivity contribution >= 4 is 44.6 Å². The van der Waals surface area contributed by atoms with E-state index in [-0.39, 0.29) is 11.2 Å². The summed E-state index contributed by atoms with van der Waals surface area (Å²) in [6, 6.07) is 6.30. The molecular weight excluding hydrogens is 345 g/mol. The van der Waals surface area contributed by atoms with Gasteiger partial charge in [-0.25, -0.2) is 8.42 Å². The summed E-state index contributed by atoms with van der Waals surface area (Å²) < 4.78 is 23.9. The zero-order chi connectivity index (χ0) is 16.0. The number of sulfone groups is 1. The van der Waals surface area contributed by atoms with E-state index in [4.69, 9.17) is 23.2 Å². The van der Waals surface area contributed by atoms with Crippen LogP contribution in [0.4, 0.5) is 5.69 Å². The predicted molar refractivity (Wildman–Crippen MR) is 87.1 cm³/mol. The number of carbonyl (C=O) groups is 1. The van der Waals surface area contributed by atoms with Crippen molar-refractivity contribution in [2.45, 2.75) is 46.6 Å². The highest BCUT2D eigenvalue weighted by atomic mass is 35.5. The third kappa shape index (κ3) is 3.12. The van der Waals surface area contributed by atoms with Crippen molar-refractivity contribution in [2.75, 3.05) is 5.32 Å².